The van der Waals surface area contributed by atoms with Gasteiger partial charge < -0.3 is 4.74 Å². The molecule has 0 spiro atoms. The number of ether oxygens (including phenoxy) is 1. The van der Waals surface area contributed by atoms with Gasteiger partial charge in [0.05, 0.1) is 15.2 Å². The Morgan fingerprint density at radius 3 is 2.71 bits per heavy atom. The number of anilines is 1. The SMILES string of the molecule is CC(C)c1ccc(OCC(=O)Nc2nc(-c3ccc(Cl)cc3Cl)cs2)c(Br)c1. The molecule has 146 valence electrons. The average molecular weight is 500 g/mol. The van der Waals surface area contributed by atoms with Crippen LogP contribution in [0.3, 0.4) is 0 Å². The van der Waals surface area contributed by atoms with E-state index in [0.29, 0.717) is 32.5 Å². The van der Waals surface area contributed by atoms with E-state index in [2.05, 4.69) is 40.1 Å². The molecule has 3 rings (SSSR count). The standard InChI is InChI=1S/C20H17BrCl2N2O2S/c1-11(2)12-3-6-18(15(21)7-12)27-9-19(26)25-20-24-17(10-28-20)14-5-4-13(22)8-16(14)23/h3-8,10-11H,9H2,1-2H3,(H,24,25,26). The number of halogens is 3. The molecule has 28 heavy (non-hydrogen) atoms. The Balaban J connectivity index is 1.61. The summed E-state index contributed by atoms with van der Waals surface area (Å²) < 4.78 is 6.43. The number of nitrogens with one attached hydrogen (secondary N) is 1. The van der Waals surface area contributed by atoms with Gasteiger partial charge in [-0.3, -0.25) is 10.1 Å². The molecule has 4 nitrogen and oxygen atoms in total. The van der Waals surface area contributed by atoms with Crippen molar-refractivity contribution in [1.82, 2.24) is 4.98 Å². The molecule has 2 aromatic carbocycles. The van der Waals surface area contributed by atoms with Gasteiger partial charge in [-0.1, -0.05) is 43.1 Å². The summed E-state index contributed by atoms with van der Waals surface area (Å²) in [5.74, 6) is 0.747. The predicted molar refractivity (Wildman–Crippen MR) is 120 cm³/mol. The van der Waals surface area contributed by atoms with Crippen molar-refractivity contribution in [3.8, 4) is 17.0 Å². The molecule has 3 aromatic rings. The maximum atomic E-state index is 12.2. The van der Waals surface area contributed by atoms with Gasteiger partial charge in [0, 0.05) is 16.0 Å². The maximum absolute atomic E-state index is 12.2. The molecule has 0 radical (unpaired) electrons. The van der Waals surface area contributed by atoms with Crippen molar-refractivity contribution in [2.24, 2.45) is 0 Å². The van der Waals surface area contributed by atoms with Crippen molar-refractivity contribution < 1.29 is 9.53 Å². The Hall–Kier alpha value is -1.60. The molecular formula is C20H17BrCl2N2O2S. The lowest BCUT2D eigenvalue weighted by Crippen LogP contribution is -2.20. The largest absolute Gasteiger partial charge is 0.483 e. The van der Waals surface area contributed by atoms with Crippen molar-refractivity contribution in [2.75, 3.05) is 11.9 Å². The number of benzene rings is 2. The van der Waals surface area contributed by atoms with Gasteiger partial charge in [0.1, 0.15) is 5.75 Å². The first kappa shape index (κ1) is 21.1. The fraction of sp³-hybridized carbons (Fsp3) is 0.200. The lowest BCUT2D eigenvalue weighted by Gasteiger charge is -2.11. The van der Waals surface area contributed by atoms with Crippen molar-refractivity contribution in [3.05, 3.63) is 61.9 Å². The van der Waals surface area contributed by atoms with Crippen molar-refractivity contribution >= 4 is 61.5 Å². The first-order valence-corrected chi connectivity index (χ1v) is 10.9. The van der Waals surface area contributed by atoms with Gasteiger partial charge >= 0.3 is 0 Å². The smallest absolute Gasteiger partial charge is 0.264 e. The Morgan fingerprint density at radius 2 is 2.04 bits per heavy atom. The van der Waals surface area contributed by atoms with Crippen molar-refractivity contribution in [1.29, 1.82) is 0 Å². The van der Waals surface area contributed by atoms with E-state index in [1.54, 1.807) is 18.2 Å². The van der Waals surface area contributed by atoms with Gasteiger partial charge in [-0.05, 0) is 57.7 Å². The van der Waals surface area contributed by atoms with Gasteiger partial charge in [-0.2, -0.15) is 0 Å². The topological polar surface area (TPSA) is 51.2 Å². The normalized spacial score (nSPS) is 10.9. The number of hydrogen-bond acceptors (Lipinski definition) is 4. The maximum Gasteiger partial charge on any atom is 0.264 e. The quantitative estimate of drug-likeness (QED) is 0.396. The van der Waals surface area contributed by atoms with Gasteiger partial charge in [-0.15, -0.1) is 11.3 Å². The summed E-state index contributed by atoms with van der Waals surface area (Å²) in [7, 11) is 0. The summed E-state index contributed by atoms with van der Waals surface area (Å²) in [6.07, 6.45) is 0. The van der Waals surface area contributed by atoms with Crippen LogP contribution in [0.2, 0.25) is 10.0 Å². The van der Waals surface area contributed by atoms with E-state index >= 15 is 0 Å². The average Bonchev–Trinajstić information content (AvgIpc) is 3.08. The Labute approximate surface area is 186 Å². The van der Waals surface area contributed by atoms with Gasteiger partial charge in [0.15, 0.2) is 11.7 Å². The number of rotatable bonds is 6. The van der Waals surface area contributed by atoms with E-state index in [0.717, 1.165) is 10.0 Å². The van der Waals surface area contributed by atoms with E-state index in [9.17, 15) is 4.79 Å². The third-order valence-corrected chi connectivity index (χ3v) is 5.86. The third-order valence-electron chi connectivity index (χ3n) is 3.94. The summed E-state index contributed by atoms with van der Waals surface area (Å²) in [5.41, 5.74) is 2.63. The van der Waals surface area contributed by atoms with Crippen LogP contribution in [0.1, 0.15) is 25.3 Å². The molecule has 0 bridgehead atoms. The number of thiazole rings is 1. The van der Waals surface area contributed by atoms with E-state index in [-0.39, 0.29) is 12.5 Å². The highest BCUT2D eigenvalue weighted by Gasteiger charge is 2.12. The zero-order valence-electron chi connectivity index (χ0n) is 15.1. The van der Waals surface area contributed by atoms with Crippen molar-refractivity contribution in [2.45, 2.75) is 19.8 Å². The highest BCUT2D eigenvalue weighted by molar-refractivity contribution is 9.10. The molecule has 0 atom stereocenters. The van der Waals surface area contributed by atoms with Crippen LogP contribution in [0.4, 0.5) is 5.13 Å². The minimum absolute atomic E-state index is 0.115. The number of carbonyl (C=O) groups is 1. The zero-order valence-corrected chi connectivity index (χ0v) is 19.0. The molecule has 0 aliphatic carbocycles. The number of amides is 1. The van der Waals surface area contributed by atoms with E-state index < -0.39 is 0 Å². The lowest BCUT2D eigenvalue weighted by atomic mass is 10.0. The second-order valence-electron chi connectivity index (χ2n) is 6.34. The summed E-state index contributed by atoms with van der Waals surface area (Å²) in [5, 5.41) is 6.11. The molecule has 1 aromatic heterocycles. The second-order valence-corrected chi connectivity index (χ2v) is 8.90. The second kappa shape index (κ2) is 9.27. The number of hydrogen-bond donors (Lipinski definition) is 1. The zero-order chi connectivity index (χ0) is 20.3. The number of nitrogens with zero attached hydrogens (tertiary/aromatic N) is 1. The number of aromatic nitrogens is 1. The van der Waals surface area contributed by atoms with Crippen LogP contribution in [-0.2, 0) is 4.79 Å². The molecule has 1 heterocycles. The molecule has 8 heteroatoms. The highest BCUT2D eigenvalue weighted by atomic mass is 79.9. The van der Waals surface area contributed by atoms with Gasteiger partial charge in [-0.25, -0.2) is 4.98 Å². The van der Waals surface area contributed by atoms with Crippen LogP contribution in [0.5, 0.6) is 5.75 Å². The van der Waals surface area contributed by atoms with Gasteiger partial charge in [0.25, 0.3) is 5.91 Å². The van der Waals surface area contributed by atoms with E-state index in [1.807, 2.05) is 23.6 Å². The van der Waals surface area contributed by atoms with Gasteiger partial charge in [0.2, 0.25) is 0 Å². The number of carbonyl (C=O) groups excluding carboxylic acids is 1. The lowest BCUT2D eigenvalue weighted by molar-refractivity contribution is -0.118. The van der Waals surface area contributed by atoms with Crippen LogP contribution >= 0.6 is 50.5 Å². The van der Waals surface area contributed by atoms with Crippen LogP contribution in [-0.4, -0.2) is 17.5 Å². The Morgan fingerprint density at radius 1 is 1.25 bits per heavy atom. The monoisotopic (exact) mass is 498 g/mol. The van der Waals surface area contributed by atoms with E-state index in [4.69, 9.17) is 27.9 Å². The third kappa shape index (κ3) is 5.26. The first-order valence-electron chi connectivity index (χ1n) is 8.46. The Kier molecular flexibility index (Phi) is 6.99. The first-order chi connectivity index (χ1) is 13.3. The molecule has 1 N–H and O–H groups in total. The summed E-state index contributed by atoms with van der Waals surface area (Å²) in [4.78, 5) is 16.6. The summed E-state index contributed by atoms with van der Waals surface area (Å²) >= 11 is 16.9. The summed E-state index contributed by atoms with van der Waals surface area (Å²) in [6, 6.07) is 11.1. The van der Waals surface area contributed by atoms with Crippen LogP contribution in [0.25, 0.3) is 11.3 Å². The fourth-order valence-corrected chi connectivity index (χ4v) is 4.19. The minimum Gasteiger partial charge on any atom is -0.483 e. The van der Waals surface area contributed by atoms with Crippen LogP contribution in [0.15, 0.2) is 46.3 Å². The van der Waals surface area contributed by atoms with Crippen LogP contribution < -0.4 is 10.1 Å². The highest BCUT2D eigenvalue weighted by Crippen LogP contribution is 2.32. The molecule has 1 amide bonds. The molecule has 0 aliphatic rings. The van der Waals surface area contributed by atoms with E-state index in [1.165, 1.54) is 16.9 Å². The fourth-order valence-electron chi connectivity index (χ4n) is 2.44. The molecular weight excluding hydrogens is 483 g/mol. The Bertz CT molecular complexity index is 1010. The van der Waals surface area contributed by atoms with Crippen LogP contribution in [0, 0.1) is 0 Å². The molecule has 0 saturated heterocycles. The predicted octanol–water partition coefficient (Wildman–Crippen LogP) is 7.02. The molecule has 0 saturated carbocycles. The molecule has 0 fully saturated rings. The molecule has 0 unspecified atom stereocenters. The van der Waals surface area contributed by atoms with Crippen molar-refractivity contribution in [3.63, 3.8) is 0 Å². The minimum atomic E-state index is -0.289. The summed E-state index contributed by atoms with van der Waals surface area (Å²) in [6.45, 7) is 4.13. The molecule has 0 aliphatic heterocycles.